The van der Waals surface area contributed by atoms with E-state index in [4.69, 9.17) is 4.74 Å². The molecule has 1 aromatic carbocycles. The molecule has 2 N–H and O–H groups in total. The van der Waals surface area contributed by atoms with E-state index in [1.165, 1.54) is 0 Å². The standard InChI is InChI=1S/C16H25NO3/c1-11(8-14(4)18)9-17-15(19)10-20-16-12(2)6-5-7-13(16)3/h5-7,11,14,18H,8-10H2,1-4H3,(H,17,19). The number of aliphatic hydroxyl groups is 1. The van der Waals surface area contributed by atoms with E-state index in [1.54, 1.807) is 6.92 Å². The van der Waals surface area contributed by atoms with Crippen molar-refractivity contribution in [3.8, 4) is 5.75 Å². The lowest BCUT2D eigenvalue weighted by molar-refractivity contribution is -0.123. The fraction of sp³-hybridized carbons (Fsp3) is 0.562. The Hall–Kier alpha value is -1.55. The molecule has 0 fully saturated rings. The molecule has 4 nitrogen and oxygen atoms in total. The summed E-state index contributed by atoms with van der Waals surface area (Å²) >= 11 is 0. The molecule has 1 aromatic rings. The van der Waals surface area contributed by atoms with Crippen molar-refractivity contribution in [3.63, 3.8) is 0 Å². The summed E-state index contributed by atoms with van der Waals surface area (Å²) in [6.45, 7) is 8.25. The minimum Gasteiger partial charge on any atom is -0.483 e. The zero-order valence-electron chi connectivity index (χ0n) is 12.8. The molecule has 112 valence electrons. The van der Waals surface area contributed by atoms with Crippen molar-refractivity contribution in [2.45, 2.75) is 40.2 Å². The maximum absolute atomic E-state index is 11.7. The van der Waals surface area contributed by atoms with Gasteiger partial charge in [0.25, 0.3) is 5.91 Å². The molecule has 0 aliphatic rings. The van der Waals surface area contributed by atoms with Crippen LogP contribution in [0.1, 0.15) is 31.4 Å². The van der Waals surface area contributed by atoms with Crippen LogP contribution in [0, 0.1) is 19.8 Å². The molecule has 0 heterocycles. The van der Waals surface area contributed by atoms with Gasteiger partial charge in [-0.2, -0.15) is 0 Å². The van der Waals surface area contributed by atoms with Crippen LogP contribution in [0.2, 0.25) is 0 Å². The fourth-order valence-corrected chi connectivity index (χ4v) is 2.17. The van der Waals surface area contributed by atoms with Gasteiger partial charge >= 0.3 is 0 Å². The maximum Gasteiger partial charge on any atom is 0.257 e. The molecule has 0 aromatic heterocycles. The number of hydrogen-bond acceptors (Lipinski definition) is 3. The average Bonchev–Trinajstić information content (AvgIpc) is 2.35. The minimum atomic E-state index is -0.340. The van der Waals surface area contributed by atoms with E-state index < -0.39 is 0 Å². The summed E-state index contributed by atoms with van der Waals surface area (Å²) in [5.41, 5.74) is 2.06. The first kappa shape index (κ1) is 16.5. The van der Waals surface area contributed by atoms with E-state index in [-0.39, 0.29) is 24.5 Å². The van der Waals surface area contributed by atoms with Crippen molar-refractivity contribution < 1.29 is 14.6 Å². The molecule has 0 aliphatic carbocycles. The highest BCUT2D eigenvalue weighted by molar-refractivity contribution is 5.77. The van der Waals surface area contributed by atoms with Crippen molar-refractivity contribution in [1.82, 2.24) is 5.32 Å². The first-order valence-electron chi connectivity index (χ1n) is 7.04. The number of hydrogen-bond donors (Lipinski definition) is 2. The first-order valence-corrected chi connectivity index (χ1v) is 7.04. The summed E-state index contributed by atoms with van der Waals surface area (Å²) in [5, 5.41) is 12.1. The van der Waals surface area contributed by atoms with Crippen LogP contribution in [0.4, 0.5) is 0 Å². The van der Waals surface area contributed by atoms with Crippen molar-refractivity contribution in [1.29, 1.82) is 0 Å². The van der Waals surface area contributed by atoms with Crippen LogP contribution in [0.25, 0.3) is 0 Å². The summed E-state index contributed by atoms with van der Waals surface area (Å²) in [4.78, 5) is 11.7. The van der Waals surface area contributed by atoms with Gasteiger partial charge in [-0.25, -0.2) is 0 Å². The molecule has 0 saturated heterocycles. The van der Waals surface area contributed by atoms with Gasteiger partial charge in [0.15, 0.2) is 6.61 Å². The molecule has 0 bridgehead atoms. The van der Waals surface area contributed by atoms with Crippen LogP contribution in [0.5, 0.6) is 5.75 Å². The predicted molar refractivity (Wildman–Crippen MR) is 79.9 cm³/mol. The number of ether oxygens (including phenoxy) is 1. The molecule has 2 unspecified atom stereocenters. The van der Waals surface area contributed by atoms with Gasteiger partial charge in [0.05, 0.1) is 6.10 Å². The Morgan fingerprint density at radius 3 is 2.45 bits per heavy atom. The zero-order valence-corrected chi connectivity index (χ0v) is 12.8. The summed E-state index contributed by atoms with van der Waals surface area (Å²) < 4.78 is 5.58. The van der Waals surface area contributed by atoms with Gasteiger partial charge < -0.3 is 15.2 Å². The van der Waals surface area contributed by atoms with E-state index in [0.717, 1.165) is 16.9 Å². The van der Waals surface area contributed by atoms with E-state index in [9.17, 15) is 9.90 Å². The number of nitrogens with one attached hydrogen (secondary N) is 1. The number of para-hydroxylation sites is 1. The largest absolute Gasteiger partial charge is 0.483 e. The van der Waals surface area contributed by atoms with Crippen molar-refractivity contribution in [2.24, 2.45) is 5.92 Å². The zero-order chi connectivity index (χ0) is 15.1. The Labute approximate surface area is 121 Å². The van der Waals surface area contributed by atoms with E-state index in [2.05, 4.69) is 5.32 Å². The summed E-state index contributed by atoms with van der Waals surface area (Å²) in [5.74, 6) is 0.893. The third-order valence-electron chi connectivity index (χ3n) is 3.15. The highest BCUT2D eigenvalue weighted by Crippen LogP contribution is 2.21. The molecular formula is C16H25NO3. The number of amides is 1. The molecule has 20 heavy (non-hydrogen) atoms. The molecule has 0 aliphatic heterocycles. The Morgan fingerprint density at radius 2 is 1.90 bits per heavy atom. The lowest BCUT2D eigenvalue weighted by Gasteiger charge is -2.15. The number of rotatable bonds is 7. The Morgan fingerprint density at radius 1 is 1.30 bits per heavy atom. The number of aliphatic hydroxyl groups excluding tert-OH is 1. The Balaban J connectivity index is 2.37. The number of carbonyl (C=O) groups excluding carboxylic acids is 1. The fourth-order valence-electron chi connectivity index (χ4n) is 2.17. The quantitative estimate of drug-likeness (QED) is 0.804. The van der Waals surface area contributed by atoms with Gasteiger partial charge in [-0.3, -0.25) is 4.79 Å². The van der Waals surface area contributed by atoms with Crippen LogP contribution in [-0.4, -0.2) is 30.3 Å². The van der Waals surface area contributed by atoms with Gasteiger partial charge in [0, 0.05) is 6.54 Å². The summed E-state index contributed by atoms with van der Waals surface area (Å²) in [6.07, 6.45) is 0.339. The summed E-state index contributed by atoms with van der Waals surface area (Å²) in [6, 6.07) is 5.89. The molecule has 0 spiro atoms. The van der Waals surface area contributed by atoms with Gasteiger partial charge in [0.1, 0.15) is 5.75 Å². The molecule has 0 saturated carbocycles. The molecular weight excluding hydrogens is 254 g/mol. The van der Waals surface area contributed by atoms with Crippen molar-refractivity contribution in [3.05, 3.63) is 29.3 Å². The molecule has 1 amide bonds. The van der Waals surface area contributed by atoms with E-state index in [0.29, 0.717) is 13.0 Å². The number of benzene rings is 1. The van der Waals surface area contributed by atoms with Crippen molar-refractivity contribution in [2.75, 3.05) is 13.2 Å². The smallest absolute Gasteiger partial charge is 0.257 e. The van der Waals surface area contributed by atoms with E-state index in [1.807, 2.05) is 39.0 Å². The second-order valence-electron chi connectivity index (χ2n) is 5.50. The van der Waals surface area contributed by atoms with Crippen LogP contribution in [0.15, 0.2) is 18.2 Å². The molecule has 1 rings (SSSR count). The van der Waals surface area contributed by atoms with Gasteiger partial charge in [0.2, 0.25) is 0 Å². The van der Waals surface area contributed by atoms with Crippen LogP contribution < -0.4 is 10.1 Å². The second kappa shape index (κ2) is 7.90. The number of carbonyl (C=O) groups is 1. The Kier molecular flexibility index (Phi) is 6.52. The van der Waals surface area contributed by atoms with Crippen molar-refractivity contribution >= 4 is 5.91 Å². The molecule has 0 radical (unpaired) electrons. The molecule has 2 atom stereocenters. The van der Waals surface area contributed by atoms with Crippen LogP contribution in [0.3, 0.4) is 0 Å². The predicted octanol–water partition coefficient (Wildman–Crippen LogP) is 2.21. The number of aryl methyl sites for hydroxylation is 2. The van der Waals surface area contributed by atoms with Gasteiger partial charge in [-0.15, -0.1) is 0 Å². The van der Waals surface area contributed by atoms with Gasteiger partial charge in [-0.1, -0.05) is 25.1 Å². The van der Waals surface area contributed by atoms with Gasteiger partial charge in [-0.05, 0) is 44.2 Å². The highest BCUT2D eigenvalue weighted by Gasteiger charge is 2.10. The monoisotopic (exact) mass is 279 g/mol. The second-order valence-corrected chi connectivity index (χ2v) is 5.50. The minimum absolute atomic E-state index is 0.0209. The van der Waals surface area contributed by atoms with Crippen LogP contribution >= 0.6 is 0 Å². The SMILES string of the molecule is Cc1cccc(C)c1OCC(=O)NCC(C)CC(C)O. The summed E-state index contributed by atoms with van der Waals surface area (Å²) in [7, 11) is 0. The lowest BCUT2D eigenvalue weighted by atomic mass is 10.1. The average molecular weight is 279 g/mol. The Bertz CT molecular complexity index is 423. The lowest BCUT2D eigenvalue weighted by Crippen LogP contribution is -2.33. The normalized spacial score (nSPS) is 13.7. The topological polar surface area (TPSA) is 58.6 Å². The molecule has 4 heteroatoms. The highest BCUT2D eigenvalue weighted by atomic mass is 16.5. The third kappa shape index (κ3) is 5.61. The first-order chi connectivity index (χ1) is 9.40. The maximum atomic E-state index is 11.7. The third-order valence-corrected chi connectivity index (χ3v) is 3.15. The van der Waals surface area contributed by atoms with Crippen LogP contribution in [-0.2, 0) is 4.79 Å². The van der Waals surface area contributed by atoms with E-state index >= 15 is 0 Å².